The van der Waals surface area contributed by atoms with E-state index in [9.17, 15) is 9.59 Å². The molecule has 0 aromatic heterocycles. The van der Waals surface area contributed by atoms with Crippen LogP contribution < -0.4 is 5.32 Å². The van der Waals surface area contributed by atoms with Crippen molar-refractivity contribution in [2.24, 2.45) is 0 Å². The predicted octanol–water partition coefficient (Wildman–Crippen LogP) is 1.77. The van der Waals surface area contributed by atoms with Crippen LogP contribution in [0, 0.1) is 0 Å². The third-order valence-electron chi connectivity index (χ3n) is 4.89. The highest BCUT2D eigenvalue weighted by atomic mass is 32.2. The van der Waals surface area contributed by atoms with Crippen molar-refractivity contribution in [1.82, 2.24) is 20.0 Å². The number of nitrogens with zero attached hydrogens (tertiary/aromatic N) is 3. The molecule has 0 unspecified atom stereocenters. The molecule has 1 aromatic carbocycles. The van der Waals surface area contributed by atoms with Crippen LogP contribution in [-0.2, 0) is 11.2 Å². The molecule has 3 amide bonds. The van der Waals surface area contributed by atoms with Gasteiger partial charge >= 0.3 is 6.03 Å². The summed E-state index contributed by atoms with van der Waals surface area (Å²) in [4.78, 5) is 31.2. The van der Waals surface area contributed by atoms with Gasteiger partial charge in [0.25, 0.3) is 0 Å². The molecule has 7 heteroatoms. The fraction of sp³-hybridized carbons (Fsp3) is 0.600. The van der Waals surface area contributed by atoms with Crippen LogP contribution in [0.25, 0.3) is 0 Å². The first-order chi connectivity index (χ1) is 13.0. The lowest BCUT2D eigenvalue weighted by Gasteiger charge is -2.34. The molecule has 1 N–H and O–H groups in total. The van der Waals surface area contributed by atoms with E-state index in [0.29, 0.717) is 13.1 Å². The van der Waals surface area contributed by atoms with Gasteiger partial charge in [-0.1, -0.05) is 30.3 Å². The summed E-state index contributed by atoms with van der Waals surface area (Å²) in [6, 6.07) is 9.50. The van der Waals surface area contributed by atoms with Gasteiger partial charge < -0.3 is 20.0 Å². The van der Waals surface area contributed by atoms with Gasteiger partial charge in [0.1, 0.15) is 6.04 Å². The Morgan fingerprint density at radius 1 is 1.15 bits per heavy atom. The zero-order valence-electron chi connectivity index (χ0n) is 16.7. The van der Waals surface area contributed by atoms with Gasteiger partial charge in [0.05, 0.1) is 0 Å². The lowest BCUT2D eigenvalue weighted by atomic mass is 10.1. The standard InChI is InChI=1S/C20H32N4O2S/c1-17(19(25)23-13-11-22(2)12-14-23)21-20(26)24(15-16-27-3)10-9-18-7-5-4-6-8-18/h4-8,17H,9-16H2,1-3H3,(H,21,26)/t17-/m0/s1. The van der Waals surface area contributed by atoms with Crippen molar-refractivity contribution < 1.29 is 9.59 Å². The van der Waals surface area contributed by atoms with Crippen LogP contribution in [0.4, 0.5) is 4.79 Å². The lowest BCUT2D eigenvalue weighted by molar-refractivity contribution is -0.134. The van der Waals surface area contributed by atoms with Gasteiger partial charge in [0, 0.05) is 45.0 Å². The van der Waals surface area contributed by atoms with Crippen LogP contribution in [0.15, 0.2) is 30.3 Å². The molecule has 150 valence electrons. The highest BCUT2D eigenvalue weighted by Crippen LogP contribution is 2.06. The summed E-state index contributed by atoms with van der Waals surface area (Å²) >= 11 is 1.72. The fourth-order valence-corrected chi connectivity index (χ4v) is 3.47. The molecule has 0 bridgehead atoms. The minimum absolute atomic E-state index is 0.00401. The normalized spacial score (nSPS) is 16.0. The summed E-state index contributed by atoms with van der Waals surface area (Å²) in [5, 5.41) is 2.91. The number of piperazine rings is 1. The summed E-state index contributed by atoms with van der Waals surface area (Å²) in [6.45, 7) is 6.30. The molecule has 1 fully saturated rings. The first-order valence-electron chi connectivity index (χ1n) is 9.57. The number of nitrogens with one attached hydrogen (secondary N) is 1. The van der Waals surface area contributed by atoms with Gasteiger partial charge in [-0.25, -0.2) is 4.79 Å². The molecule has 27 heavy (non-hydrogen) atoms. The molecule has 2 rings (SSSR count). The highest BCUT2D eigenvalue weighted by Gasteiger charge is 2.26. The number of thioether (sulfide) groups is 1. The Kier molecular flexibility index (Phi) is 8.94. The third kappa shape index (κ3) is 7.07. The van der Waals surface area contributed by atoms with E-state index in [1.807, 2.05) is 34.3 Å². The van der Waals surface area contributed by atoms with E-state index in [2.05, 4.69) is 29.4 Å². The summed E-state index contributed by atoms with van der Waals surface area (Å²) in [6.07, 6.45) is 2.84. The maximum atomic E-state index is 12.7. The van der Waals surface area contributed by atoms with Crippen LogP contribution in [0.5, 0.6) is 0 Å². The number of hydrogen-bond donors (Lipinski definition) is 1. The smallest absolute Gasteiger partial charge is 0.318 e. The number of amides is 3. The molecule has 1 aliphatic heterocycles. The van der Waals surface area contributed by atoms with E-state index in [1.54, 1.807) is 18.7 Å². The largest absolute Gasteiger partial charge is 0.338 e. The van der Waals surface area contributed by atoms with Gasteiger partial charge in [0.2, 0.25) is 5.91 Å². The molecular weight excluding hydrogens is 360 g/mol. The second-order valence-corrected chi connectivity index (χ2v) is 8.00. The molecule has 0 saturated carbocycles. The number of carbonyl (C=O) groups is 2. The maximum Gasteiger partial charge on any atom is 0.318 e. The molecule has 1 heterocycles. The van der Waals surface area contributed by atoms with Crippen molar-refractivity contribution in [3.63, 3.8) is 0 Å². The van der Waals surface area contributed by atoms with E-state index >= 15 is 0 Å². The van der Waals surface area contributed by atoms with Gasteiger partial charge in [0.15, 0.2) is 0 Å². The number of hydrogen-bond acceptors (Lipinski definition) is 4. The topological polar surface area (TPSA) is 55.9 Å². The van der Waals surface area contributed by atoms with E-state index in [1.165, 1.54) is 5.56 Å². The summed E-state index contributed by atoms with van der Waals surface area (Å²) < 4.78 is 0. The van der Waals surface area contributed by atoms with Crippen LogP contribution >= 0.6 is 11.8 Å². The van der Waals surface area contributed by atoms with Crippen LogP contribution in [0.2, 0.25) is 0 Å². The monoisotopic (exact) mass is 392 g/mol. The average Bonchev–Trinajstić information content (AvgIpc) is 2.68. The van der Waals surface area contributed by atoms with Crippen molar-refractivity contribution in [2.75, 3.05) is 58.3 Å². The quantitative estimate of drug-likeness (QED) is 0.733. The van der Waals surface area contributed by atoms with Crippen LogP contribution in [0.1, 0.15) is 12.5 Å². The number of benzene rings is 1. The second kappa shape index (κ2) is 11.2. The van der Waals surface area contributed by atoms with Gasteiger partial charge in [-0.3, -0.25) is 4.79 Å². The van der Waals surface area contributed by atoms with E-state index in [-0.39, 0.29) is 11.9 Å². The zero-order valence-corrected chi connectivity index (χ0v) is 17.5. The molecular formula is C20H32N4O2S. The molecule has 1 saturated heterocycles. The number of likely N-dealkylation sites (N-methyl/N-ethyl adjacent to an activating group) is 1. The Morgan fingerprint density at radius 2 is 1.81 bits per heavy atom. The SMILES string of the molecule is CSCCN(CCc1ccccc1)C(=O)N[C@@H](C)C(=O)N1CCN(C)CC1. The van der Waals surface area contributed by atoms with Crippen molar-refractivity contribution in [1.29, 1.82) is 0 Å². The van der Waals surface area contributed by atoms with Gasteiger partial charge in [-0.05, 0) is 32.2 Å². The average molecular weight is 393 g/mol. The highest BCUT2D eigenvalue weighted by molar-refractivity contribution is 7.98. The van der Waals surface area contributed by atoms with Crippen LogP contribution in [-0.4, -0.2) is 91.0 Å². The Labute approximate surface area is 167 Å². The van der Waals surface area contributed by atoms with Gasteiger partial charge in [-0.15, -0.1) is 0 Å². The number of rotatable bonds is 8. The minimum atomic E-state index is -0.505. The van der Waals surface area contributed by atoms with Crippen molar-refractivity contribution >= 4 is 23.7 Å². The summed E-state index contributed by atoms with van der Waals surface area (Å²) in [7, 11) is 2.06. The summed E-state index contributed by atoms with van der Waals surface area (Å²) in [5.41, 5.74) is 1.21. The maximum absolute atomic E-state index is 12.7. The first kappa shape index (κ1) is 21.6. The first-order valence-corrected chi connectivity index (χ1v) is 11.0. The van der Waals surface area contributed by atoms with E-state index in [4.69, 9.17) is 0 Å². The fourth-order valence-electron chi connectivity index (χ4n) is 3.06. The van der Waals surface area contributed by atoms with Crippen LogP contribution in [0.3, 0.4) is 0 Å². The minimum Gasteiger partial charge on any atom is -0.338 e. The molecule has 1 aliphatic rings. The Hall–Kier alpha value is -1.73. The molecule has 0 radical (unpaired) electrons. The Balaban J connectivity index is 1.88. The molecule has 0 aliphatic carbocycles. The van der Waals surface area contributed by atoms with Crippen molar-refractivity contribution in [3.05, 3.63) is 35.9 Å². The lowest BCUT2D eigenvalue weighted by Crippen LogP contribution is -2.55. The number of carbonyl (C=O) groups excluding carboxylic acids is 2. The van der Waals surface area contributed by atoms with Crippen molar-refractivity contribution in [3.8, 4) is 0 Å². The molecule has 1 aromatic rings. The Morgan fingerprint density at radius 3 is 2.44 bits per heavy atom. The van der Waals surface area contributed by atoms with E-state index < -0.39 is 6.04 Å². The van der Waals surface area contributed by atoms with E-state index in [0.717, 1.165) is 38.4 Å². The zero-order chi connectivity index (χ0) is 19.6. The number of urea groups is 1. The van der Waals surface area contributed by atoms with Crippen molar-refractivity contribution in [2.45, 2.75) is 19.4 Å². The third-order valence-corrected chi connectivity index (χ3v) is 5.48. The molecule has 6 nitrogen and oxygen atoms in total. The van der Waals surface area contributed by atoms with Gasteiger partial charge in [-0.2, -0.15) is 11.8 Å². The Bertz CT molecular complexity index is 591. The summed E-state index contributed by atoms with van der Waals surface area (Å²) in [5.74, 6) is 0.882. The second-order valence-electron chi connectivity index (χ2n) is 7.02. The molecule has 0 spiro atoms. The molecule has 1 atom stereocenters. The predicted molar refractivity (Wildman–Crippen MR) is 112 cm³/mol.